The molecule has 2 N–H and O–H groups in total. The minimum Gasteiger partial charge on any atom is -0.355 e. The zero-order chi connectivity index (χ0) is 13.6. The normalized spacial score (nSPS) is 27.2. The molecule has 0 aromatic heterocycles. The smallest absolute Gasteiger partial charge is 0.224 e. The molecule has 19 heavy (non-hydrogen) atoms. The molecule has 0 aromatic carbocycles. The molecule has 1 aliphatic carbocycles. The van der Waals surface area contributed by atoms with E-state index in [-0.39, 0.29) is 40.5 Å². The molecule has 4 heteroatoms. The third-order valence-electron chi connectivity index (χ3n) is 5.78. The Morgan fingerprint density at radius 1 is 1.11 bits per heavy atom. The van der Waals surface area contributed by atoms with Crippen LogP contribution in [-0.4, -0.2) is 25.5 Å². The van der Waals surface area contributed by atoms with Gasteiger partial charge < -0.3 is 10.6 Å². The van der Waals surface area contributed by atoms with Crippen LogP contribution in [0.2, 0.25) is 0 Å². The van der Waals surface area contributed by atoms with Crippen molar-refractivity contribution >= 4 is 18.3 Å². The SMILES string of the molecule is CC1(CNC(=O)C2C(C)(C)C2(C)C)CCNCC1.Cl. The molecule has 0 atom stereocenters. The van der Waals surface area contributed by atoms with Crippen LogP contribution in [0.25, 0.3) is 0 Å². The molecule has 1 heterocycles. The number of nitrogens with one attached hydrogen (secondary N) is 2. The maximum Gasteiger partial charge on any atom is 0.224 e. The standard InChI is InChI=1S/C15H28N2O.ClH/c1-13(2)11(14(13,3)4)12(18)17-10-15(5)6-8-16-9-7-15;/h11,16H,6-10H2,1-5H3,(H,17,18);1H. The Morgan fingerprint density at radius 3 is 2.00 bits per heavy atom. The first kappa shape index (κ1) is 16.8. The van der Waals surface area contributed by atoms with Gasteiger partial charge in [0.1, 0.15) is 0 Å². The van der Waals surface area contributed by atoms with Crippen molar-refractivity contribution in [3.63, 3.8) is 0 Å². The highest BCUT2D eigenvalue weighted by Gasteiger charge is 2.68. The van der Waals surface area contributed by atoms with Gasteiger partial charge in [-0.15, -0.1) is 12.4 Å². The van der Waals surface area contributed by atoms with E-state index in [4.69, 9.17) is 0 Å². The molecule has 0 bridgehead atoms. The summed E-state index contributed by atoms with van der Waals surface area (Å²) >= 11 is 0. The number of rotatable bonds is 3. The summed E-state index contributed by atoms with van der Waals surface area (Å²) in [6.07, 6.45) is 2.31. The van der Waals surface area contributed by atoms with Gasteiger partial charge in [0.15, 0.2) is 0 Å². The summed E-state index contributed by atoms with van der Waals surface area (Å²) < 4.78 is 0. The first-order valence-electron chi connectivity index (χ1n) is 7.19. The fourth-order valence-corrected chi connectivity index (χ4v) is 3.46. The number of halogens is 1. The maximum absolute atomic E-state index is 12.3. The van der Waals surface area contributed by atoms with E-state index in [1.165, 1.54) is 0 Å². The Labute approximate surface area is 123 Å². The van der Waals surface area contributed by atoms with Crippen LogP contribution in [0.3, 0.4) is 0 Å². The third-order valence-corrected chi connectivity index (χ3v) is 5.78. The fraction of sp³-hybridized carbons (Fsp3) is 0.933. The molecule has 1 saturated carbocycles. The van der Waals surface area contributed by atoms with Gasteiger partial charge in [-0.05, 0) is 42.2 Å². The number of carbonyl (C=O) groups is 1. The lowest BCUT2D eigenvalue weighted by Crippen LogP contribution is -2.43. The van der Waals surface area contributed by atoms with E-state index in [1.54, 1.807) is 0 Å². The minimum atomic E-state index is 0. The molecule has 1 saturated heterocycles. The maximum atomic E-state index is 12.3. The summed E-state index contributed by atoms with van der Waals surface area (Å²) in [7, 11) is 0. The largest absolute Gasteiger partial charge is 0.355 e. The quantitative estimate of drug-likeness (QED) is 0.838. The second-order valence-corrected chi connectivity index (χ2v) is 7.65. The fourth-order valence-electron chi connectivity index (χ4n) is 3.46. The highest BCUT2D eigenvalue weighted by Crippen LogP contribution is 2.68. The monoisotopic (exact) mass is 288 g/mol. The van der Waals surface area contributed by atoms with Crippen LogP contribution in [-0.2, 0) is 4.79 Å². The summed E-state index contributed by atoms with van der Waals surface area (Å²) in [5.74, 6) is 0.431. The molecular formula is C15H29ClN2O. The van der Waals surface area contributed by atoms with Gasteiger partial charge in [0, 0.05) is 12.5 Å². The number of amides is 1. The highest BCUT2D eigenvalue weighted by atomic mass is 35.5. The Kier molecular flexibility index (Phi) is 4.63. The van der Waals surface area contributed by atoms with Gasteiger partial charge in [0.2, 0.25) is 5.91 Å². The summed E-state index contributed by atoms with van der Waals surface area (Å²) in [5.41, 5.74) is 0.572. The second-order valence-electron chi connectivity index (χ2n) is 7.65. The molecule has 2 aliphatic rings. The number of piperidine rings is 1. The molecule has 1 amide bonds. The highest BCUT2D eigenvalue weighted by molar-refractivity contribution is 5.85. The van der Waals surface area contributed by atoms with Crippen molar-refractivity contribution in [2.24, 2.45) is 22.2 Å². The summed E-state index contributed by atoms with van der Waals surface area (Å²) in [5, 5.41) is 6.58. The van der Waals surface area contributed by atoms with Crippen molar-refractivity contribution in [3.8, 4) is 0 Å². The van der Waals surface area contributed by atoms with Crippen molar-refractivity contribution in [1.29, 1.82) is 0 Å². The van der Waals surface area contributed by atoms with Crippen LogP contribution in [0.5, 0.6) is 0 Å². The van der Waals surface area contributed by atoms with Gasteiger partial charge in [-0.3, -0.25) is 4.79 Å². The first-order chi connectivity index (χ1) is 8.21. The topological polar surface area (TPSA) is 41.1 Å². The number of hydrogen-bond donors (Lipinski definition) is 2. The Balaban J connectivity index is 0.00000180. The predicted octanol–water partition coefficient (Wildman–Crippen LogP) is 2.60. The van der Waals surface area contributed by atoms with E-state index in [9.17, 15) is 4.79 Å². The van der Waals surface area contributed by atoms with Crippen LogP contribution < -0.4 is 10.6 Å². The average molecular weight is 289 g/mol. The molecule has 2 fully saturated rings. The molecule has 2 rings (SSSR count). The van der Waals surface area contributed by atoms with Crippen molar-refractivity contribution in [2.45, 2.75) is 47.5 Å². The van der Waals surface area contributed by atoms with E-state index in [2.05, 4.69) is 45.3 Å². The lowest BCUT2D eigenvalue weighted by atomic mass is 9.81. The van der Waals surface area contributed by atoms with Gasteiger partial charge in [0.05, 0.1) is 0 Å². The summed E-state index contributed by atoms with van der Waals surface area (Å²) in [4.78, 5) is 12.3. The number of hydrogen-bond acceptors (Lipinski definition) is 2. The van der Waals surface area contributed by atoms with Crippen LogP contribution in [0, 0.1) is 22.2 Å². The van der Waals surface area contributed by atoms with E-state index in [1.807, 2.05) is 0 Å². The van der Waals surface area contributed by atoms with Crippen LogP contribution in [0.1, 0.15) is 47.5 Å². The van der Waals surface area contributed by atoms with E-state index in [0.717, 1.165) is 32.5 Å². The van der Waals surface area contributed by atoms with Crippen molar-refractivity contribution < 1.29 is 4.79 Å². The van der Waals surface area contributed by atoms with Gasteiger partial charge >= 0.3 is 0 Å². The average Bonchev–Trinajstić information content (AvgIpc) is 2.68. The lowest BCUT2D eigenvalue weighted by Gasteiger charge is -2.34. The van der Waals surface area contributed by atoms with E-state index < -0.39 is 0 Å². The molecule has 112 valence electrons. The van der Waals surface area contributed by atoms with Crippen molar-refractivity contribution in [2.75, 3.05) is 19.6 Å². The molecule has 0 unspecified atom stereocenters. The van der Waals surface area contributed by atoms with Gasteiger partial charge in [-0.2, -0.15) is 0 Å². The van der Waals surface area contributed by atoms with Gasteiger partial charge in [0.25, 0.3) is 0 Å². The van der Waals surface area contributed by atoms with Crippen LogP contribution in [0.15, 0.2) is 0 Å². The Hall–Kier alpha value is -0.280. The predicted molar refractivity (Wildman–Crippen MR) is 81.5 cm³/mol. The van der Waals surface area contributed by atoms with Gasteiger partial charge in [-0.25, -0.2) is 0 Å². The second kappa shape index (κ2) is 5.25. The van der Waals surface area contributed by atoms with Gasteiger partial charge in [-0.1, -0.05) is 34.6 Å². The summed E-state index contributed by atoms with van der Waals surface area (Å²) in [6.45, 7) is 14.1. The number of carbonyl (C=O) groups excluding carboxylic acids is 1. The molecule has 0 radical (unpaired) electrons. The molecule has 3 nitrogen and oxygen atoms in total. The lowest BCUT2D eigenvalue weighted by molar-refractivity contribution is -0.124. The molecule has 0 aromatic rings. The van der Waals surface area contributed by atoms with Crippen LogP contribution >= 0.6 is 12.4 Å². The van der Waals surface area contributed by atoms with Crippen molar-refractivity contribution in [3.05, 3.63) is 0 Å². The zero-order valence-corrected chi connectivity index (χ0v) is 13.7. The zero-order valence-electron chi connectivity index (χ0n) is 12.9. The van der Waals surface area contributed by atoms with Crippen molar-refractivity contribution in [1.82, 2.24) is 10.6 Å². The molecule has 1 aliphatic heterocycles. The third kappa shape index (κ3) is 2.92. The Bertz CT molecular complexity index is 332. The minimum absolute atomic E-state index is 0. The molecule has 0 spiro atoms. The first-order valence-corrected chi connectivity index (χ1v) is 7.19. The summed E-state index contributed by atoms with van der Waals surface area (Å²) in [6, 6.07) is 0. The molecular weight excluding hydrogens is 260 g/mol. The van der Waals surface area contributed by atoms with E-state index in [0.29, 0.717) is 0 Å². The van der Waals surface area contributed by atoms with E-state index >= 15 is 0 Å². The Morgan fingerprint density at radius 2 is 1.58 bits per heavy atom. The van der Waals surface area contributed by atoms with Crippen LogP contribution in [0.4, 0.5) is 0 Å².